The van der Waals surface area contributed by atoms with E-state index in [1.54, 1.807) is 0 Å². The van der Waals surface area contributed by atoms with Gasteiger partial charge in [-0.2, -0.15) is 0 Å². The van der Waals surface area contributed by atoms with Crippen LogP contribution in [0, 0.1) is 6.92 Å². The molecule has 0 fully saturated rings. The summed E-state index contributed by atoms with van der Waals surface area (Å²) >= 11 is 0. The van der Waals surface area contributed by atoms with Gasteiger partial charge in [0.25, 0.3) is 0 Å². The zero-order valence-corrected chi connectivity index (χ0v) is 12.9. The highest BCUT2D eigenvalue weighted by atomic mass is 16.1. The number of anilines is 1. The Kier molecular flexibility index (Phi) is 5.17. The first kappa shape index (κ1) is 15.3. The molecule has 112 valence electrons. The molecule has 0 aliphatic rings. The molecule has 2 rings (SSSR count). The molecular formula is C17H23N3O. The van der Waals surface area contributed by atoms with Gasteiger partial charge in [0.05, 0.1) is 0 Å². The van der Waals surface area contributed by atoms with E-state index in [1.807, 2.05) is 54.1 Å². The van der Waals surface area contributed by atoms with Crippen molar-refractivity contribution >= 4 is 11.6 Å². The van der Waals surface area contributed by atoms with Crippen molar-refractivity contribution in [1.82, 2.24) is 9.88 Å². The topological polar surface area (TPSA) is 46.1 Å². The molecule has 0 atom stereocenters. The van der Waals surface area contributed by atoms with Crippen LogP contribution in [0.25, 0.3) is 0 Å². The van der Waals surface area contributed by atoms with Crippen molar-refractivity contribution < 1.29 is 4.79 Å². The lowest BCUT2D eigenvalue weighted by Crippen LogP contribution is -2.25. The molecule has 0 radical (unpaired) electrons. The minimum Gasteiger partial charge on any atom is -0.341 e. The number of nitrogens with zero attached hydrogens (tertiary/aromatic N) is 1. The van der Waals surface area contributed by atoms with E-state index in [4.69, 9.17) is 0 Å². The van der Waals surface area contributed by atoms with Crippen LogP contribution in [0.5, 0.6) is 0 Å². The van der Waals surface area contributed by atoms with E-state index in [9.17, 15) is 4.79 Å². The normalized spacial score (nSPS) is 10.9. The zero-order valence-electron chi connectivity index (χ0n) is 12.9. The lowest BCUT2D eigenvalue weighted by Gasteiger charge is -2.12. The lowest BCUT2D eigenvalue weighted by atomic mass is 10.2. The van der Waals surface area contributed by atoms with Crippen LogP contribution in [-0.4, -0.2) is 16.5 Å². The Labute approximate surface area is 126 Å². The van der Waals surface area contributed by atoms with Gasteiger partial charge in [-0.1, -0.05) is 26.0 Å². The summed E-state index contributed by atoms with van der Waals surface area (Å²) in [5, 5.41) is 6.30. The summed E-state index contributed by atoms with van der Waals surface area (Å²) in [4.78, 5) is 12.1. The van der Waals surface area contributed by atoms with E-state index < -0.39 is 0 Å². The third-order valence-electron chi connectivity index (χ3n) is 3.23. The molecule has 0 unspecified atom stereocenters. The molecule has 4 nitrogen and oxygen atoms in total. The molecule has 2 aromatic rings. The van der Waals surface area contributed by atoms with Crippen molar-refractivity contribution in [2.24, 2.45) is 0 Å². The SMILES string of the molecule is Cc1cccc(NC(=O)Cn2cccc2CNC(C)C)c1. The molecule has 1 aromatic carbocycles. The number of benzene rings is 1. The molecule has 0 saturated carbocycles. The van der Waals surface area contributed by atoms with Crippen LogP contribution >= 0.6 is 0 Å². The second kappa shape index (κ2) is 7.09. The first-order valence-electron chi connectivity index (χ1n) is 7.28. The van der Waals surface area contributed by atoms with Crippen molar-refractivity contribution in [3.63, 3.8) is 0 Å². The Morgan fingerprint density at radius 3 is 2.76 bits per heavy atom. The van der Waals surface area contributed by atoms with Crippen LogP contribution in [0.3, 0.4) is 0 Å². The van der Waals surface area contributed by atoms with Gasteiger partial charge in [-0.25, -0.2) is 0 Å². The molecule has 21 heavy (non-hydrogen) atoms. The van der Waals surface area contributed by atoms with Crippen LogP contribution in [-0.2, 0) is 17.9 Å². The van der Waals surface area contributed by atoms with Crippen LogP contribution in [0.4, 0.5) is 5.69 Å². The number of carbonyl (C=O) groups is 1. The van der Waals surface area contributed by atoms with E-state index in [0.29, 0.717) is 12.6 Å². The average Bonchev–Trinajstić information content (AvgIpc) is 2.83. The van der Waals surface area contributed by atoms with Gasteiger partial charge < -0.3 is 15.2 Å². The second-order valence-electron chi connectivity index (χ2n) is 5.58. The summed E-state index contributed by atoms with van der Waals surface area (Å²) in [7, 11) is 0. The van der Waals surface area contributed by atoms with E-state index >= 15 is 0 Å². The molecule has 0 aliphatic carbocycles. The highest BCUT2D eigenvalue weighted by molar-refractivity contribution is 5.90. The second-order valence-corrected chi connectivity index (χ2v) is 5.58. The molecule has 0 saturated heterocycles. The molecule has 0 spiro atoms. The van der Waals surface area contributed by atoms with Crippen LogP contribution in [0.15, 0.2) is 42.6 Å². The van der Waals surface area contributed by atoms with Crippen molar-refractivity contribution in [2.75, 3.05) is 5.32 Å². The molecule has 1 amide bonds. The van der Waals surface area contributed by atoms with Crippen LogP contribution in [0.2, 0.25) is 0 Å². The zero-order chi connectivity index (χ0) is 15.2. The quantitative estimate of drug-likeness (QED) is 0.857. The monoisotopic (exact) mass is 285 g/mol. The van der Waals surface area contributed by atoms with Crippen molar-refractivity contribution in [3.05, 3.63) is 53.9 Å². The summed E-state index contributed by atoms with van der Waals surface area (Å²) in [6, 6.07) is 12.3. The Hall–Kier alpha value is -2.07. The van der Waals surface area contributed by atoms with Crippen molar-refractivity contribution in [2.45, 2.75) is 39.9 Å². The summed E-state index contributed by atoms with van der Waals surface area (Å²) in [5.41, 5.74) is 3.09. The van der Waals surface area contributed by atoms with Gasteiger partial charge in [0.2, 0.25) is 5.91 Å². The number of carbonyl (C=O) groups excluding carboxylic acids is 1. The predicted molar refractivity (Wildman–Crippen MR) is 86.2 cm³/mol. The smallest absolute Gasteiger partial charge is 0.244 e. The minimum absolute atomic E-state index is 0.0115. The van der Waals surface area contributed by atoms with Gasteiger partial charge in [0.15, 0.2) is 0 Å². The maximum Gasteiger partial charge on any atom is 0.244 e. The van der Waals surface area contributed by atoms with Gasteiger partial charge in [-0.15, -0.1) is 0 Å². The van der Waals surface area contributed by atoms with Crippen molar-refractivity contribution in [3.8, 4) is 0 Å². The summed E-state index contributed by atoms with van der Waals surface area (Å²) in [6.07, 6.45) is 1.94. The number of hydrogen-bond donors (Lipinski definition) is 2. The largest absolute Gasteiger partial charge is 0.341 e. The third kappa shape index (κ3) is 4.76. The van der Waals surface area contributed by atoms with Gasteiger partial charge in [-0.3, -0.25) is 4.79 Å². The maximum atomic E-state index is 12.1. The summed E-state index contributed by atoms with van der Waals surface area (Å²) in [6.45, 7) is 7.32. The van der Waals surface area contributed by atoms with E-state index in [1.165, 1.54) is 0 Å². The number of aryl methyl sites for hydroxylation is 1. The molecule has 2 N–H and O–H groups in total. The fourth-order valence-corrected chi connectivity index (χ4v) is 2.15. The van der Waals surface area contributed by atoms with Gasteiger partial charge in [0.1, 0.15) is 6.54 Å². The first-order chi connectivity index (χ1) is 10.0. The maximum absolute atomic E-state index is 12.1. The highest BCUT2D eigenvalue weighted by Gasteiger charge is 2.07. The van der Waals surface area contributed by atoms with Gasteiger partial charge >= 0.3 is 0 Å². The standard InChI is InChI=1S/C17H23N3O/c1-13(2)18-11-16-8-5-9-20(16)12-17(21)19-15-7-4-6-14(3)10-15/h4-10,13,18H,11-12H2,1-3H3,(H,19,21). The number of rotatable bonds is 6. The highest BCUT2D eigenvalue weighted by Crippen LogP contribution is 2.10. The van der Waals surface area contributed by atoms with Crippen molar-refractivity contribution in [1.29, 1.82) is 0 Å². The third-order valence-corrected chi connectivity index (χ3v) is 3.23. The molecule has 1 aromatic heterocycles. The van der Waals surface area contributed by atoms with Gasteiger partial charge in [0, 0.05) is 30.2 Å². The van der Waals surface area contributed by atoms with Gasteiger partial charge in [-0.05, 0) is 36.8 Å². The number of amides is 1. The summed E-state index contributed by atoms with van der Waals surface area (Å²) < 4.78 is 1.97. The van der Waals surface area contributed by atoms with Crippen LogP contribution < -0.4 is 10.6 Å². The predicted octanol–water partition coefficient (Wildman–Crippen LogP) is 2.93. The van der Waals surface area contributed by atoms with E-state index in [0.717, 1.165) is 23.5 Å². The molecule has 4 heteroatoms. The molecule has 1 heterocycles. The Morgan fingerprint density at radius 1 is 1.24 bits per heavy atom. The minimum atomic E-state index is -0.0115. The first-order valence-corrected chi connectivity index (χ1v) is 7.28. The summed E-state index contributed by atoms with van der Waals surface area (Å²) in [5.74, 6) is -0.0115. The number of hydrogen-bond acceptors (Lipinski definition) is 2. The lowest BCUT2D eigenvalue weighted by molar-refractivity contribution is -0.116. The molecule has 0 aliphatic heterocycles. The molecular weight excluding hydrogens is 262 g/mol. The van der Waals surface area contributed by atoms with Crippen LogP contribution in [0.1, 0.15) is 25.1 Å². The number of nitrogens with one attached hydrogen (secondary N) is 2. The Balaban J connectivity index is 1.95. The van der Waals surface area contributed by atoms with E-state index in [2.05, 4.69) is 24.5 Å². The average molecular weight is 285 g/mol. The Bertz CT molecular complexity index is 602. The fraction of sp³-hybridized carbons (Fsp3) is 0.353. The Morgan fingerprint density at radius 2 is 2.05 bits per heavy atom. The number of aromatic nitrogens is 1. The molecule has 0 bridgehead atoms. The van der Waals surface area contributed by atoms with E-state index in [-0.39, 0.29) is 5.91 Å². The fourth-order valence-electron chi connectivity index (χ4n) is 2.15.